The number of ether oxygens (including phenoxy) is 2. The first-order valence-electron chi connectivity index (χ1n) is 5.70. The lowest BCUT2D eigenvalue weighted by Crippen LogP contribution is -1.99. The van der Waals surface area contributed by atoms with E-state index in [4.69, 9.17) is 9.47 Å². The highest BCUT2D eigenvalue weighted by atomic mass is 16.7. The van der Waals surface area contributed by atoms with Crippen molar-refractivity contribution in [2.45, 2.75) is 32.6 Å². The molecular weight excluding hydrogens is 204 g/mol. The molecule has 2 rings (SSSR count). The number of hydrogen-bond acceptors (Lipinski definition) is 3. The van der Waals surface area contributed by atoms with E-state index in [9.17, 15) is 4.79 Å². The molecule has 0 N–H and O–H groups in total. The molecule has 1 aromatic carbocycles. The number of rotatable bonds is 5. The molecule has 1 aromatic rings. The van der Waals surface area contributed by atoms with Gasteiger partial charge in [-0.3, -0.25) is 4.79 Å². The third-order valence-corrected chi connectivity index (χ3v) is 2.66. The van der Waals surface area contributed by atoms with Gasteiger partial charge in [0.2, 0.25) is 6.79 Å². The molecule has 0 unspecified atom stereocenters. The zero-order valence-electron chi connectivity index (χ0n) is 9.49. The molecule has 0 spiro atoms. The van der Waals surface area contributed by atoms with Gasteiger partial charge >= 0.3 is 0 Å². The van der Waals surface area contributed by atoms with Crippen molar-refractivity contribution < 1.29 is 14.3 Å². The molecule has 0 aromatic heterocycles. The second-order valence-corrected chi connectivity index (χ2v) is 3.98. The lowest BCUT2D eigenvalue weighted by molar-refractivity contribution is -0.119. The van der Waals surface area contributed by atoms with Crippen LogP contribution >= 0.6 is 0 Å². The highest BCUT2D eigenvalue weighted by Crippen LogP contribution is 2.32. The van der Waals surface area contributed by atoms with Gasteiger partial charge in [0.1, 0.15) is 5.78 Å². The first kappa shape index (κ1) is 11.0. The van der Waals surface area contributed by atoms with Gasteiger partial charge in [0.25, 0.3) is 0 Å². The molecule has 0 aliphatic carbocycles. The van der Waals surface area contributed by atoms with Crippen molar-refractivity contribution in [3.05, 3.63) is 23.8 Å². The van der Waals surface area contributed by atoms with E-state index in [-0.39, 0.29) is 0 Å². The third kappa shape index (κ3) is 2.54. The Labute approximate surface area is 95.4 Å². The zero-order valence-corrected chi connectivity index (χ0v) is 9.49. The second-order valence-electron chi connectivity index (χ2n) is 3.98. The topological polar surface area (TPSA) is 35.5 Å². The van der Waals surface area contributed by atoms with Crippen molar-refractivity contribution in [1.29, 1.82) is 0 Å². The number of ketones is 1. The number of aryl methyl sites for hydroxylation is 1. The first-order chi connectivity index (χ1) is 7.79. The fourth-order valence-electron chi connectivity index (χ4n) is 1.78. The normalized spacial score (nSPS) is 12.8. The molecule has 0 bridgehead atoms. The van der Waals surface area contributed by atoms with Crippen LogP contribution in [0.15, 0.2) is 18.2 Å². The second kappa shape index (κ2) is 5.01. The molecule has 1 heterocycles. The lowest BCUT2D eigenvalue weighted by atomic mass is 10.0. The molecule has 1 aliphatic heterocycles. The molecule has 0 radical (unpaired) electrons. The Bertz CT molecular complexity index is 385. The van der Waals surface area contributed by atoms with Gasteiger partial charge in [0, 0.05) is 12.8 Å². The van der Waals surface area contributed by atoms with Crippen LogP contribution in [0.3, 0.4) is 0 Å². The summed E-state index contributed by atoms with van der Waals surface area (Å²) in [5.41, 5.74) is 1.13. The van der Waals surface area contributed by atoms with Gasteiger partial charge in [-0.25, -0.2) is 0 Å². The maximum Gasteiger partial charge on any atom is 0.231 e. The minimum Gasteiger partial charge on any atom is -0.454 e. The van der Waals surface area contributed by atoms with Gasteiger partial charge in [-0.1, -0.05) is 13.0 Å². The summed E-state index contributed by atoms with van der Waals surface area (Å²) in [6.07, 6.45) is 3.02. The van der Waals surface area contributed by atoms with Crippen molar-refractivity contribution in [1.82, 2.24) is 0 Å². The summed E-state index contributed by atoms with van der Waals surface area (Å²) in [6, 6.07) is 5.86. The molecule has 0 saturated heterocycles. The minimum atomic E-state index is 0.299. The fraction of sp³-hybridized carbons (Fsp3) is 0.462. The maximum atomic E-state index is 11.4. The number of carbonyl (C=O) groups excluding carboxylic acids is 1. The molecular formula is C13H16O3. The van der Waals surface area contributed by atoms with E-state index in [1.165, 1.54) is 0 Å². The molecule has 0 atom stereocenters. The Hall–Kier alpha value is -1.51. The Morgan fingerprint density at radius 1 is 1.25 bits per heavy atom. The molecule has 0 amide bonds. The average Bonchev–Trinajstić information content (AvgIpc) is 2.74. The summed E-state index contributed by atoms with van der Waals surface area (Å²) in [7, 11) is 0. The van der Waals surface area contributed by atoms with Gasteiger partial charge in [0.15, 0.2) is 11.5 Å². The average molecular weight is 220 g/mol. The van der Waals surface area contributed by atoms with Crippen LogP contribution in [0.1, 0.15) is 31.7 Å². The van der Waals surface area contributed by atoms with Crippen molar-refractivity contribution >= 4 is 5.78 Å². The smallest absolute Gasteiger partial charge is 0.231 e. The van der Waals surface area contributed by atoms with E-state index in [0.29, 0.717) is 25.4 Å². The Balaban J connectivity index is 1.93. The molecule has 86 valence electrons. The van der Waals surface area contributed by atoms with Crippen LogP contribution in [0.25, 0.3) is 0 Å². The summed E-state index contributed by atoms with van der Waals surface area (Å²) in [5, 5.41) is 0. The molecule has 16 heavy (non-hydrogen) atoms. The maximum absolute atomic E-state index is 11.4. The summed E-state index contributed by atoms with van der Waals surface area (Å²) in [4.78, 5) is 11.4. The van der Waals surface area contributed by atoms with Gasteiger partial charge < -0.3 is 9.47 Å². The van der Waals surface area contributed by atoms with Crippen LogP contribution in [-0.2, 0) is 11.2 Å². The summed E-state index contributed by atoms with van der Waals surface area (Å²) >= 11 is 0. The SMILES string of the molecule is CCCC(=O)CCc1ccc2c(c1)OCO2. The summed E-state index contributed by atoms with van der Waals surface area (Å²) in [6.45, 7) is 2.33. The van der Waals surface area contributed by atoms with Crippen molar-refractivity contribution in [3.8, 4) is 11.5 Å². The number of hydrogen-bond donors (Lipinski definition) is 0. The van der Waals surface area contributed by atoms with Gasteiger partial charge in [-0.15, -0.1) is 0 Å². The van der Waals surface area contributed by atoms with Crippen LogP contribution in [0.4, 0.5) is 0 Å². The van der Waals surface area contributed by atoms with Gasteiger partial charge in [-0.05, 0) is 30.5 Å². The van der Waals surface area contributed by atoms with E-state index in [0.717, 1.165) is 29.9 Å². The van der Waals surface area contributed by atoms with Gasteiger partial charge in [0.05, 0.1) is 0 Å². The van der Waals surface area contributed by atoms with Gasteiger partial charge in [-0.2, -0.15) is 0 Å². The minimum absolute atomic E-state index is 0.299. The Morgan fingerprint density at radius 2 is 2.06 bits per heavy atom. The largest absolute Gasteiger partial charge is 0.454 e. The molecule has 3 nitrogen and oxygen atoms in total. The van der Waals surface area contributed by atoms with Crippen LogP contribution in [-0.4, -0.2) is 12.6 Å². The lowest BCUT2D eigenvalue weighted by Gasteiger charge is -2.02. The quantitative estimate of drug-likeness (QED) is 0.765. The highest BCUT2D eigenvalue weighted by Gasteiger charge is 2.13. The molecule has 0 saturated carbocycles. The predicted molar refractivity (Wildman–Crippen MR) is 60.8 cm³/mol. The fourth-order valence-corrected chi connectivity index (χ4v) is 1.78. The zero-order chi connectivity index (χ0) is 11.4. The van der Waals surface area contributed by atoms with Crippen molar-refractivity contribution in [3.63, 3.8) is 0 Å². The molecule has 1 aliphatic rings. The highest BCUT2D eigenvalue weighted by molar-refractivity contribution is 5.78. The van der Waals surface area contributed by atoms with E-state index in [1.54, 1.807) is 0 Å². The third-order valence-electron chi connectivity index (χ3n) is 2.66. The summed E-state index contributed by atoms with van der Waals surface area (Å²) in [5.74, 6) is 1.92. The number of Topliss-reactive ketones (excluding diaryl/α,β-unsaturated/α-hetero) is 1. The van der Waals surface area contributed by atoms with Crippen LogP contribution in [0, 0.1) is 0 Å². The van der Waals surface area contributed by atoms with Crippen molar-refractivity contribution in [2.24, 2.45) is 0 Å². The number of carbonyl (C=O) groups is 1. The van der Waals surface area contributed by atoms with Crippen LogP contribution < -0.4 is 9.47 Å². The monoisotopic (exact) mass is 220 g/mol. The van der Waals surface area contributed by atoms with E-state index in [1.807, 2.05) is 25.1 Å². The van der Waals surface area contributed by atoms with Crippen LogP contribution in [0.2, 0.25) is 0 Å². The Morgan fingerprint density at radius 3 is 2.88 bits per heavy atom. The standard InChI is InChI=1S/C13H16O3/c1-2-3-11(14)6-4-10-5-7-12-13(8-10)16-9-15-12/h5,7-8H,2-4,6,9H2,1H3. The molecule has 3 heteroatoms. The first-order valence-corrected chi connectivity index (χ1v) is 5.70. The van der Waals surface area contributed by atoms with E-state index < -0.39 is 0 Å². The van der Waals surface area contributed by atoms with Crippen LogP contribution in [0.5, 0.6) is 11.5 Å². The summed E-state index contributed by atoms with van der Waals surface area (Å²) < 4.78 is 10.5. The Kier molecular flexibility index (Phi) is 3.44. The number of benzene rings is 1. The predicted octanol–water partition coefficient (Wildman–Crippen LogP) is 2.72. The molecule has 0 fully saturated rings. The number of fused-ring (bicyclic) bond motifs is 1. The van der Waals surface area contributed by atoms with E-state index >= 15 is 0 Å². The van der Waals surface area contributed by atoms with Crippen molar-refractivity contribution in [2.75, 3.05) is 6.79 Å². The van der Waals surface area contributed by atoms with E-state index in [2.05, 4.69) is 0 Å².